The van der Waals surface area contributed by atoms with Crippen molar-refractivity contribution in [2.75, 3.05) is 12.0 Å². The zero-order valence-corrected chi connectivity index (χ0v) is 11.3. The second-order valence-corrected chi connectivity index (χ2v) is 4.68. The molecule has 2 rings (SSSR count). The molecule has 0 saturated heterocycles. The Morgan fingerprint density at radius 3 is 2.50 bits per heavy atom. The van der Waals surface area contributed by atoms with Crippen LogP contribution >= 0.6 is 11.8 Å². The van der Waals surface area contributed by atoms with Crippen LogP contribution in [-0.4, -0.2) is 21.2 Å². The summed E-state index contributed by atoms with van der Waals surface area (Å²) in [6.07, 6.45) is 2.86. The third kappa shape index (κ3) is 2.79. The number of aromatic nitrogens is 3. The average molecular weight is 260 g/mol. The molecule has 0 aliphatic carbocycles. The standard InChI is InChI=1S/C13H16N4S/c1-3-10(9-7-5-4-6-8-9)11-15-12(14)17-13(16-11)18-2/h4-8,10H,3H2,1-2H3,(H2,14,15,16,17). The predicted molar refractivity (Wildman–Crippen MR) is 74.6 cm³/mol. The van der Waals surface area contributed by atoms with Crippen molar-refractivity contribution in [1.82, 2.24) is 15.0 Å². The maximum atomic E-state index is 5.73. The minimum absolute atomic E-state index is 0.169. The van der Waals surface area contributed by atoms with Crippen molar-refractivity contribution in [2.24, 2.45) is 0 Å². The molecule has 1 aromatic carbocycles. The van der Waals surface area contributed by atoms with Gasteiger partial charge in [0.25, 0.3) is 0 Å². The van der Waals surface area contributed by atoms with Crippen LogP contribution in [0.3, 0.4) is 0 Å². The van der Waals surface area contributed by atoms with Gasteiger partial charge >= 0.3 is 0 Å². The molecule has 0 saturated carbocycles. The van der Waals surface area contributed by atoms with Crippen molar-refractivity contribution in [3.05, 3.63) is 41.7 Å². The Kier molecular flexibility index (Phi) is 4.15. The largest absolute Gasteiger partial charge is 0.368 e. The van der Waals surface area contributed by atoms with Crippen molar-refractivity contribution >= 4 is 17.7 Å². The summed E-state index contributed by atoms with van der Waals surface area (Å²) < 4.78 is 0. The first-order valence-corrected chi connectivity index (χ1v) is 7.07. The first-order chi connectivity index (χ1) is 8.74. The van der Waals surface area contributed by atoms with Crippen LogP contribution in [0.1, 0.15) is 30.7 Å². The van der Waals surface area contributed by atoms with E-state index in [2.05, 4.69) is 34.0 Å². The molecule has 0 aliphatic heterocycles. The van der Waals surface area contributed by atoms with E-state index in [1.807, 2.05) is 24.5 Å². The maximum Gasteiger partial charge on any atom is 0.224 e. The highest BCUT2D eigenvalue weighted by molar-refractivity contribution is 7.98. The summed E-state index contributed by atoms with van der Waals surface area (Å²) in [6, 6.07) is 10.2. The van der Waals surface area contributed by atoms with E-state index < -0.39 is 0 Å². The van der Waals surface area contributed by atoms with Crippen LogP contribution in [0.5, 0.6) is 0 Å². The molecular weight excluding hydrogens is 244 g/mol. The fourth-order valence-electron chi connectivity index (χ4n) is 1.89. The van der Waals surface area contributed by atoms with Crippen LogP contribution in [0.4, 0.5) is 5.95 Å². The average Bonchev–Trinajstić information content (AvgIpc) is 2.40. The summed E-state index contributed by atoms with van der Waals surface area (Å²) in [7, 11) is 0. The molecule has 4 nitrogen and oxygen atoms in total. The normalized spacial score (nSPS) is 12.3. The van der Waals surface area contributed by atoms with Crippen molar-refractivity contribution < 1.29 is 0 Å². The Morgan fingerprint density at radius 2 is 1.89 bits per heavy atom. The highest BCUT2D eigenvalue weighted by atomic mass is 32.2. The predicted octanol–water partition coefficient (Wildman–Crippen LogP) is 2.72. The van der Waals surface area contributed by atoms with Crippen molar-refractivity contribution in [3.8, 4) is 0 Å². The summed E-state index contributed by atoms with van der Waals surface area (Å²) in [5, 5.41) is 0.673. The topological polar surface area (TPSA) is 64.7 Å². The van der Waals surface area contributed by atoms with Gasteiger partial charge in [-0.2, -0.15) is 9.97 Å². The third-order valence-electron chi connectivity index (χ3n) is 2.75. The third-order valence-corrected chi connectivity index (χ3v) is 3.30. The molecule has 94 valence electrons. The lowest BCUT2D eigenvalue weighted by Crippen LogP contribution is -2.09. The fraction of sp³-hybridized carbons (Fsp3) is 0.308. The van der Waals surface area contributed by atoms with Crippen LogP contribution in [0.15, 0.2) is 35.5 Å². The van der Waals surface area contributed by atoms with E-state index >= 15 is 0 Å². The summed E-state index contributed by atoms with van der Waals surface area (Å²) in [4.78, 5) is 12.8. The number of nitrogens with zero attached hydrogens (tertiary/aromatic N) is 3. The first kappa shape index (κ1) is 12.8. The van der Waals surface area contributed by atoms with Crippen molar-refractivity contribution in [3.63, 3.8) is 0 Å². The van der Waals surface area contributed by atoms with E-state index in [0.717, 1.165) is 12.2 Å². The number of hydrogen-bond acceptors (Lipinski definition) is 5. The molecule has 0 fully saturated rings. The molecule has 2 N–H and O–H groups in total. The number of hydrogen-bond donors (Lipinski definition) is 1. The van der Waals surface area contributed by atoms with Crippen LogP contribution in [0.25, 0.3) is 0 Å². The Morgan fingerprint density at radius 1 is 1.17 bits per heavy atom. The second kappa shape index (κ2) is 5.82. The molecule has 0 bridgehead atoms. The monoisotopic (exact) mass is 260 g/mol. The van der Waals surface area contributed by atoms with Crippen LogP contribution in [-0.2, 0) is 0 Å². The molecule has 1 unspecified atom stereocenters. The maximum absolute atomic E-state index is 5.73. The van der Waals surface area contributed by atoms with Gasteiger partial charge in [-0.1, -0.05) is 49.0 Å². The van der Waals surface area contributed by atoms with Gasteiger partial charge in [-0.05, 0) is 18.2 Å². The van der Waals surface area contributed by atoms with Crippen LogP contribution in [0, 0.1) is 0 Å². The van der Waals surface area contributed by atoms with E-state index in [9.17, 15) is 0 Å². The second-order valence-electron chi connectivity index (χ2n) is 3.91. The number of nitrogens with two attached hydrogens (primary N) is 1. The minimum Gasteiger partial charge on any atom is -0.368 e. The molecule has 0 radical (unpaired) electrons. The van der Waals surface area contributed by atoms with Crippen LogP contribution < -0.4 is 5.73 Å². The Hall–Kier alpha value is -1.62. The van der Waals surface area contributed by atoms with E-state index in [-0.39, 0.29) is 5.92 Å². The molecule has 0 spiro atoms. The van der Waals surface area contributed by atoms with E-state index in [0.29, 0.717) is 11.1 Å². The zero-order valence-electron chi connectivity index (χ0n) is 10.5. The summed E-state index contributed by atoms with van der Waals surface area (Å²) in [5.74, 6) is 1.21. The Labute approximate surface area is 111 Å². The van der Waals surface area contributed by atoms with Crippen LogP contribution in [0.2, 0.25) is 0 Å². The van der Waals surface area contributed by atoms with Crippen molar-refractivity contribution in [1.29, 1.82) is 0 Å². The molecule has 5 heteroatoms. The van der Waals surface area contributed by atoms with Gasteiger partial charge in [0, 0.05) is 5.92 Å². The van der Waals surface area contributed by atoms with E-state index in [4.69, 9.17) is 5.73 Å². The molecule has 1 atom stereocenters. The van der Waals surface area contributed by atoms with Gasteiger partial charge in [0.1, 0.15) is 5.82 Å². The van der Waals surface area contributed by atoms with E-state index in [1.165, 1.54) is 17.3 Å². The van der Waals surface area contributed by atoms with Gasteiger partial charge < -0.3 is 5.73 Å². The molecule has 1 aromatic heterocycles. The number of nitrogen functional groups attached to an aromatic ring is 1. The summed E-state index contributed by atoms with van der Waals surface area (Å²) in [5.41, 5.74) is 6.94. The SMILES string of the molecule is CCC(c1ccccc1)c1nc(N)nc(SC)n1. The Balaban J connectivity index is 2.42. The fourth-order valence-corrected chi connectivity index (χ4v) is 2.26. The minimum atomic E-state index is 0.169. The highest BCUT2D eigenvalue weighted by Crippen LogP contribution is 2.26. The number of anilines is 1. The molecule has 18 heavy (non-hydrogen) atoms. The lowest BCUT2D eigenvalue weighted by atomic mass is 9.96. The van der Waals surface area contributed by atoms with E-state index in [1.54, 1.807) is 0 Å². The Bertz CT molecular complexity index is 516. The number of thioether (sulfide) groups is 1. The van der Waals surface area contributed by atoms with Gasteiger partial charge in [-0.25, -0.2) is 4.98 Å². The lowest BCUT2D eigenvalue weighted by molar-refractivity contribution is 0.688. The molecule has 0 amide bonds. The number of rotatable bonds is 4. The quantitative estimate of drug-likeness (QED) is 0.856. The van der Waals surface area contributed by atoms with Gasteiger partial charge in [-0.3, -0.25) is 0 Å². The summed E-state index contributed by atoms with van der Waals surface area (Å²) >= 11 is 1.48. The molecular formula is C13H16N4S. The van der Waals surface area contributed by atoms with Gasteiger partial charge in [0.2, 0.25) is 5.95 Å². The van der Waals surface area contributed by atoms with Crippen molar-refractivity contribution in [2.45, 2.75) is 24.4 Å². The molecule has 1 heterocycles. The van der Waals surface area contributed by atoms with Gasteiger partial charge in [0.15, 0.2) is 5.16 Å². The van der Waals surface area contributed by atoms with Gasteiger partial charge in [-0.15, -0.1) is 0 Å². The number of benzene rings is 1. The summed E-state index contributed by atoms with van der Waals surface area (Å²) in [6.45, 7) is 2.12. The highest BCUT2D eigenvalue weighted by Gasteiger charge is 2.16. The smallest absolute Gasteiger partial charge is 0.224 e. The zero-order chi connectivity index (χ0) is 13.0. The molecule has 0 aliphatic rings. The lowest BCUT2D eigenvalue weighted by Gasteiger charge is -2.14. The van der Waals surface area contributed by atoms with Gasteiger partial charge in [0.05, 0.1) is 0 Å². The molecule has 2 aromatic rings. The first-order valence-electron chi connectivity index (χ1n) is 5.85.